The van der Waals surface area contributed by atoms with Gasteiger partial charge in [0.05, 0.1) is 0 Å². The van der Waals surface area contributed by atoms with Gasteiger partial charge in [-0.1, -0.05) is 64.7 Å². The Morgan fingerprint density at radius 2 is 1.25 bits per heavy atom. The van der Waals surface area contributed by atoms with Gasteiger partial charge in [0.2, 0.25) is 0 Å². The van der Waals surface area contributed by atoms with Crippen LogP contribution in [0.2, 0.25) is 12.6 Å². The standard InChI is InChI=1S/C20H43NO2Si/c1-5-8-9-10-11-12-13-14-15-16-18-21-19-17-20-24(4,22-6-2)23-7-3/h19H,5-18,20H2,1-4H3. The quantitative estimate of drug-likeness (QED) is 0.159. The Kier molecular flexibility index (Phi) is 17.5. The van der Waals surface area contributed by atoms with Gasteiger partial charge in [0.1, 0.15) is 0 Å². The van der Waals surface area contributed by atoms with E-state index in [1.165, 1.54) is 64.2 Å². The van der Waals surface area contributed by atoms with Crippen LogP contribution in [0.4, 0.5) is 0 Å². The predicted octanol–water partition coefficient (Wildman–Crippen LogP) is 6.51. The van der Waals surface area contributed by atoms with E-state index in [4.69, 9.17) is 8.85 Å². The van der Waals surface area contributed by atoms with Crippen molar-refractivity contribution in [3.8, 4) is 0 Å². The topological polar surface area (TPSA) is 30.8 Å². The van der Waals surface area contributed by atoms with E-state index in [9.17, 15) is 0 Å². The molecule has 0 N–H and O–H groups in total. The summed E-state index contributed by atoms with van der Waals surface area (Å²) in [5.41, 5.74) is 0. The third-order valence-corrected chi connectivity index (χ3v) is 7.39. The summed E-state index contributed by atoms with van der Waals surface area (Å²) in [6.45, 7) is 11.0. The second-order valence-electron chi connectivity index (χ2n) is 6.81. The SMILES string of the molecule is CCCCCCCCCCCCN=CCC[Si](C)(OCC)OCC. The molecule has 0 rings (SSSR count). The summed E-state index contributed by atoms with van der Waals surface area (Å²) in [7, 11) is -1.94. The van der Waals surface area contributed by atoms with Gasteiger partial charge in [-0.25, -0.2) is 0 Å². The molecule has 0 aromatic rings. The van der Waals surface area contributed by atoms with E-state index in [1.807, 2.05) is 13.8 Å². The number of hydrogen-bond acceptors (Lipinski definition) is 3. The van der Waals surface area contributed by atoms with Crippen LogP contribution in [0.1, 0.15) is 91.4 Å². The maximum Gasteiger partial charge on any atom is 0.335 e. The molecule has 0 aliphatic carbocycles. The lowest BCUT2D eigenvalue weighted by Gasteiger charge is -2.25. The fourth-order valence-electron chi connectivity index (χ4n) is 3.00. The first kappa shape index (κ1) is 23.8. The van der Waals surface area contributed by atoms with Crippen LogP contribution in [-0.4, -0.2) is 34.5 Å². The molecule has 3 nitrogen and oxygen atoms in total. The summed E-state index contributed by atoms with van der Waals surface area (Å²) < 4.78 is 11.7. The number of nitrogens with zero attached hydrogens (tertiary/aromatic N) is 1. The molecular weight excluding hydrogens is 314 g/mol. The third-order valence-electron chi connectivity index (χ3n) is 4.40. The maximum absolute atomic E-state index is 5.84. The Labute approximate surface area is 152 Å². The van der Waals surface area contributed by atoms with Gasteiger partial charge in [-0.15, -0.1) is 0 Å². The first-order valence-corrected chi connectivity index (χ1v) is 13.0. The Bertz CT molecular complexity index is 279. The summed E-state index contributed by atoms with van der Waals surface area (Å²) in [6, 6.07) is 1.01. The van der Waals surface area contributed by atoms with E-state index in [2.05, 4.69) is 24.7 Å². The molecule has 4 heteroatoms. The zero-order valence-corrected chi connectivity index (χ0v) is 17.9. The average Bonchev–Trinajstić information content (AvgIpc) is 2.55. The van der Waals surface area contributed by atoms with E-state index in [0.717, 1.165) is 32.2 Å². The highest BCUT2D eigenvalue weighted by atomic mass is 28.4. The molecule has 144 valence electrons. The molecule has 0 saturated heterocycles. The van der Waals surface area contributed by atoms with Crippen LogP contribution in [-0.2, 0) is 8.85 Å². The molecule has 0 unspecified atom stereocenters. The summed E-state index contributed by atoms with van der Waals surface area (Å²) in [5, 5.41) is 0. The molecule has 0 aliphatic heterocycles. The van der Waals surface area contributed by atoms with Crippen molar-refractivity contribution >= 4 is 14.8 Å². The minimum atomic E-state index is -1.94. The Balaban J connectivity index is 3.43. The third kappa shape index (κ3) is 15.3. The molecule has 0 aliphatic rings. The summed E-state index contributed by atoms with van der Waals surface area (Å²) in [4.78, 5) is 4.55. The maximum atomic E-state index is 5.84. The molecule has 0 bridgehead atoms. The lowest BCUT2D eigenvalue weighted by Crippen LogP contribution is -2.38. The highest BCUT2D eigenvalue weighted by Gasteiger charge is 2.29. The van der Waals surface area contributed by atoms with E-state index in [-0.39, 0.29) is 0 Å². The zero-order chi connectivity index (χ0) is 17.9. The zero-order valence-electron chi connectivity index (χ0n) is 16.9. The number of rotatable bonds is 18. The molecule has 0 heterocycles. The van der Waals surface area contributed by atoms with E-state index in [0.29, 0.717) is 0 Å². The molecule has 0 fully saturated rings. The van der Waals surface area contributed by atoms with Gasteiger partial charge in [0.25, 0.3) is 0 Å². The van der Waals surface area contributed by atoms with Crippen molar-refractivity contribution in [1.29, 1.82) is 0 Å². The molecular formula is C20H43NO2Si. The number of hydrogen-bond donors (Lipinski definition) is 0. The van der Waals surface area contributed by atoms with Crippen molar-refractivity contribution in [2.45, 2.75) is 104 Å². The molecule has 0 atom stereocenters. The van der Waals surface area contributed by atoms with Crippen LogP contribution in [0.25, 0.3) is 0 Å². The van der Waals surface area contributed by atoms with Gasteiger partial charge < -0.3 is 8.85 Å². The molecule has 0 amide bonds. The highest BCUT2D eigenvalue weighted by Crippen LogP contribution is 2.15. The summed E-state index contributed by atoms with van der Waals surface area (Å²) in [5.74, 6) is 0. The second-order valence-corrected chi connectivity index (χ2v) is 10.2. The summed E-state index contributed by atoms with van der Waals surface area (Å²) >= 11 is 0. The fourth-order valence-corrected chi connectivity index (χ4v) is 5.24. The molecule has 0 saturated carbocycles. The second kappa shape index (κ2) is 17.6. The molecule has 24 heavy (non-hydrogen) atoms. The largest absolute Gasteiger partial charge is 0.395 e. The minimum Gasteiger partial charge on any atom is -0.395 e. The summed E-state index contributed by atoms with van der Waals surface area (Å²) in [6.07, 6.45) is 16.9. The van der Waals surface area contributed by atoms with Gasteiger partial charge in [0.15, 0.2) is 0 Å². The van der Waals surface area contributed by atoms with Gasteiger partial charge in [-0.3, -0.25) is 4.99 Å². The number of aliphatic imine (C=N–C) groups is 1. The fraction of sp³-hybridized carbons (Fsp3) is 0.950. The predicted molar refractivity (Wildman–Crippen MR) is 109 cm³/mol. The molecule has 0 radical (unpaired) electrons. The van der Waals surface area contributed by atoms with Crippen LogP contribution in [0.5, 0.6) is 0 Å². The lowest BCUT2D eigenvalue weighted by atomic mass is 10.1. The van der Waals surface area contributed by atoms with Crippen LogP contribution in [0.15, 0.2) is 4.99 Å². The van der Waals surface area contributed by atoms with E-state index in [1.54, 1.807) is 0 Å². The van der Waals surface area contributed by atoms with Gasteiger partial charge >= 0.3 is 8.56 Å². The van der Waals surface area contributed by atoms with Crippen LogP contribution >= 0.6 is 0 Å². The van der Waals surface area contributed by atoms with Crippen molar-refractivity contribution < 1.29 is 8.85 Å². The first-order chi connectivity index (χ1) is 11.7. The van der Waals surface area contributed by atoms with Crippen molar-refractivity contribution in [2.24, 2.45) is 4.99 Å². The number of unbranched alkanes of at least 4 members (excludes halogenated alkanes) is 9. The van der Waals surface area contributed by atoms with Gasteiger partial charge in [-0.2, -0.15) is 0 Å². The Morgan fingerprint density at radius 3 is 1.75 bits per heavy atom. The Hall–Kier alpha value is -0.193. The highest BCUT2D eigenvalue weighted by molar-refractivity contribution is 6.66. The average molecular weight is 358 g/mol. The van der Waals surface area contributed by atoms with Crippen molar-refractivity contribution in [3.05, 3.63) is 0 Å². The van der Waals surface area contributed by atoms with Crippen LogP contribution < -0.4 is 0 Å². The molecule has 0 aromatic heterocycles. The van der Waals surface area contributed by atoms with E-state index < -0.39 is 8.56 Å². The van der Waals surface area contributed by atoms with Crippen molar-refractivity contribution in [2.75, 3.05) is 19.8 Å². The first-order valence-electron chi connectivity index (χ1n) is 10.4. The molecule has 0 aromatic carbocycles. The van der Waals surface area contributed by atoms with Gasteiger partial charge in [-0.05, 0) is 45.5 Å². The normalized spacial score (nSPS) is 12.3. The lowest BCUT2D eigenvalue weighted by molar-refractivity contribution is 0.189. The minimum absolute atomic E-state index is 0.748. The monoisotopic (exact) mass is 357 g/mol. The van der Waals surface area contributed by atoms with Crippen LogP contribution in [0, 0.1) is 0 Å². The Morgan fingerprint density at radius 1 is 0.750 bits per heavy atom. The van der Waals surface area contributed by atoms with Gasteiger partial charge in [0, 0.05) is 19.8 Å². The van der Waals surface area contributed by atoms with Crippen molar-refractivity contribution in [3.63, 3.8) is 0 Å². The molecule has 0 spiro atoms. The van der Waals surface area contributed by atoms with Crippen LogP contribution in [0.3, 0.4) is 0 Å². The smallest absolute Gasteiger partial charge is 0.335 e. The van der Waals surface area contributed by atoms with Crippen molar-refractivity contribution in [1.82, 2.24) is 0 Å². The van der Waals surface area contributed by atoms with E-state index >= 15 is 0 Å².